The number of aromatic nitrogens is 8. The Kier molecular flexibility index (Phi) is 8.42. The molecular formula is C44H46N10S. The van der Waals surface area contributed by atoms with Crippen LogP contribution in [0.1, 0.15) is 47.1 Å². The minimum absolute atomic E-state index is 0.207. The van der Waals surface area contributed by atoms with Crippen LogP contribution in [0.4, 0.5) is 35.2 Å². The maximum atomic E-state index is 5.30. The van der Waals surface area contributed by atoms with E-state index in [0.717, 1.165) is 91.5 Å². The molecule has 5 heterocycles. The maximum Gasteiger partial charge on any atom is 0.228 e. The summed E-state index contributed by atoms with van der Waals surface area (Å²) in [6, 6.07) is 42.5. The van der Waals surface area contributed by atoms with E-state index in [1.54, 1.807) is 0 Å². The second kappa shape index (κ2) is 13.3. The predicted molar refractivity (Wildman–Crippen MR) is 231 cm³/mol. The highest BCUT2D eigenvalue weighted by molar-refractivity contribution is 8.31. The number of aryl methyl sites for hydroxylation is 1. The first kappa shape index (κ1) is 34.7. The first-order valence-corrected chi connectivity index (χ1v) is 21.3. The summed E-state index contributed by atoms with van der Waals surface area (Å²) in [4.78, 5) is 25.5. The first-order chi connectivity index (χ1) is 26.9. The zero-order valence-corrected chi connectivity index (χ0v) is 33.2. The molecule has 0 radical (unpaired) electrons. The molecule has 1 aliphatic heterocycles. The van der Waals surface area contributed by atoms with Crippen LogP contribution in [0.15, 0.2) is 121 Å². The van der Waals surface area contributed by atoms with Crippen LogP contribution in [0.5, 0.6) is 0 Å². The van der Waals surface area contributed by atoms with E-state index in [1.165, 1.54) is 0 Å². The van der Waals surface area contributed by atoms with Gasteiger partial charge < -0.3 is 9.13 Å². The van der Waals surface area contributed by atoms with Gasteiger partial charge in [-0.15, -0.1) is 0 Å². The average molecular weight is 747 g/mol. The lowest BCUT2D eigenvalue weighted by Crippen LogP contribution is -2.32. The Morgan fingerprint density at radius 1 is 0.582 bits per heavy atom. The van der Waals surface area contributed by atoms with Crippen molar-refractivity contribution in [1.82, 2.24) is 37.0 Å². The number of anilines is 6. The van der Waals surface area contributed by atoms with Gasteiger partial charge in [0, 0.05) is 25.1 Å². The van der Waals surface area contributed by atoms with Crippen molar-refractivity contribution < 1.29 is 0 Å². The van der Waals surface area contributed by atoms with Crippen molar-refractivity contribution in [2.24, 2.45) is 7.05 Å². The molecule has 1 atom stereocenters. The number of nitrogens with zero attached hydrogens (tertiary/aromatic N) is 10. The zero-order chi connectivity index (χ0) is 38.0. The minimum Gasteiger partial charge on any atom is -0.313 e. The topological polar surface area (TPSA) is 77.8 Å². The molecule has 0 saturated heterocycles. The monoisotopic (exact) mass is 746 g/mol. The molecule has 0 bridgehead atoms. The Balaban J connectivity index is 0.00000195. The molecule has 0 N–H and O–H groups in total. The smallest absolute Gasteiger partial charge is 0.228 e. The number of rotatable bonds is 7. The van der Waals surface area contributed by atoms with Crippen molar-refractivity contribution in [1.29, 1.82) is 0 Å². The van der Waals surface area contributed by atoms with Gasteiger partial charge in [-0.3, -0.25) is 7.94 Å². The summed E-state index contributed by atoms with van der Waals surface area (Å²) in [5, 5.41) is 0. The van der Waals surface area contributed by atoms with E-state index in [2.05, 4.69) is 176 Å². The van der Waals surface area contributed by atoms with Crippen LogP contribution < -0.4 is 9.80 Å². The Labute approximate surface area is 322 Å². The van der Waals surface area contributed by atoms with Gasteiger partial charge in [-0.1, -0.05) is 86.6 Å². The van der Waals surface area contributed by atoms with Crippen molar-refractivity contribution in [2.75, 3.05) is 21.8 Å². The summed E-state index contributed by atoms with van der Waals surface area (Å²) in [7, 11) is 0.474. The number of fused-ring (bicyclic) bond motifs is 8. The third kappa shape index (κ3) is 5.09. The van der Waals surface area contributed by atoms with E-state index < -0.39 is 10.4 Å². The molecule has 0 amide bonds. The molecular weight excluding hydrogens is 701 g/mol. The number of benzene rings is 5. The van der Waals surface area contributed by atoms with Gasteiger partial charge >= 0.3 is 0 Å². The lowest BCUT2D eigenvalue weighted by Gasteiger charge is -2.46. The maximum absolute atomic E-state index is 5.30. The van der Waals surface area contributed by atoms with Crippen molar-refractivity contribution in [3.05, 3.63) is 121 Å². The molecule has 10 nitrogen and oxygen atoms in total. The van der Waals surface area contributed by atoms with Gasteiger partial charge in [0.2, 0.25) is 23.8 Å². The van der Waals surface area contributed by atoms with E-state index in [-0.39, 0.29) is 6.04 Å². The third-order valence-electron chi connectivity index (χ3n) is 10.9. The van der Waals surface area contributed by atoms with Gasteiger partial charge in [0.05, 0.1) is 55.5 Å². The molecule has 9 aromatic rings. The number of imidazole rings is 4. The zero-order valence-electron chi connectivity index (χ0n) is 32.4. The van der Waals surface area contributed by atoms with Gasteiger partial charge in [0.25, 0.3) is 0 Å². The summed E-state index contributed by atoms with van der Waals surface area (Å²) in [5.74, 6) is 4.32. The molecule has 4 aromatic heterocycles. The average Bonchev–Trinajstić information content (AvgIpc) is 4.00. The van der Waals surface area contributed by atoms with Crippen molar-refractivity contribution in [3.63, 3.8) is 0 Å². The lowest BCUT2D eigenvalue weighted by molar-refractivity contribution is 0.546. The normalized spacial score (nSPS) is 14.5. The second-order valence-corrected chi connectivity index (χ2v) is 17.1. The van der Waals surface area contributed by atoms with Crippen LogP contribution in [-0.4, -0.2) is 49.0 Å². The summed E-state index contributed by atoms with van der Waals surface area (Å²) >= 11 is 0. The van der Waals surface area contributed by atoms with Crippen LogP contribution in [0, 0.1) is 0 Å². The van der Waals surface area contributed by atoms with E-state index in [4.69, 9.17) is 19.9 Å². The second-order valence-electron chi connectivity index (χ2n) is 13.8. The summed E-state index contributed by atoms with van der Waals surface area (Å²) in [6.07, 6.45) is 3.33. The minimum atomic E-state index is -1.61. The molecule has 55 heavy (non-hydrogen) atoms. The SMILES string of the molecule is CC.CC[C@@H](C)n1c(N(c2ccc(N3c4nc5ccccc5n4S(C)(CC)n4c3nc3ccccc34)cc2)c2nc3ccccc3n2C)nc2ccccc21. The summed E-state index contributed by atoms with van der Waals surface area (Å²) in [6.45, 7) is 10.8. The van der Waals surface area contributed by atoms with Crippen LogP contribution in [0.2, 0.25) is 0 Å². The highest BCUT2D eigenvalue weighted by Gasteiger charge is 2.40. The first-order valence-electron chi connectivity index (χ1n) is 19.2. The van der Waals surface area contributed by atoms with Crippen molar-refractivity contribution in [2.45, 2.75) is 47.1 Å². The molecule has 10 rings (SSSR count). The lowest BCUT2D eigenvalue weighted by atomic mass is 10.2. The molecule has 0 aliphatic carbocycles. The van der Waals surface area contributed by atoms with Gasteiger partial charge in [-0.25, -0.2) is 29.7 Å². The molecule has 0 saturated carbocycles. The quantitative estimate of drug-likeness (QED) is 0.162. The molecule has 0 spiro atoms. The highest BCUT2D eigenvalue weighted by Crippen LogP contribution is 2.60. The Bertz CT molecular complexity index is 2760. The molecule has 1 aliphatic rings. The van der Waals surface area contributed by atoms with Gasteiger partial charge in [-0.2, -0.15) is 0 Å². The van der Waals surface area contributed by atoms with Crippen LogP contribution in [0.3, 0.4) is 0 Å². The number of hydrogen-bond donors (Lipinski definition) is 0. The largest absolute Gasteiger partial charge is 0.313 e. The van der Waals surface area contributed by atoms with Gasteiger partial charge in [0.15, 0.2) is 0 Å². The van der Waals surface area contributed by atoms with Gasteiger partial charge in [-0.05, 0) is 86.1 Å². The van der Waals surface area contributed by atoms with E-state index in [0.29, 0.717) is 0 Å². The number of hydrogen-bond acceptors (Lipinski definition) is 6. The fraction of sp³-hybridized carbons (Fsp3) is 0.227. The number of para-hydroxylation sites is 8. The molecule has 0 fully saturated rings. The van der Waals surface area contributed by atoms with Crippen molar-refractivity contribution in [3.8, 4) is 0 Å². The standard InChI is InChI=1S/C42H40N10S.C2H6/c1-6-28(3)48-36-21-13-9-17-32(36)44-40(48)49(39-43-31-16-8-12-20-35(31)47(39)4)29-24-26-30(27-25-29)50-41-45-33-18-10-14-22-37(33)51(41)53(5,7-2)52-38-23-15-11-19-34(38)46-42(50)52;1-2/h8-28H,6-7H2,1-5H3;1-2H3/t28-;/m1./s1. The van der Waals surface area contributed by atoms with Crippen LogP contribution in [-0.2, 0) is 7.05 Å². The van der Waals surface area contributed by atoms with Crippen LogP contribution >= 0.6 is 10.4 Å². The Hall–Kier alpha value is -6.07. The Morgan fingerprint density at radius 2 is 1.04 bits per heavy atom. The summed E-state index contributed by atoms with van der Waals surface area (Å²) < 4.78 is 9.45. The van der Waals surface area contributed by atoms with E-state index >= 15 is 0 Å². The predicted octanol–water partition coefficient (Wildman–Crippen LogP) is 11.6. The molecule has 5 aromatic carbocycles. The van der Waals surface area contributed by atoms with E-state index in [1.807, 2.05) is 19.9 Å². The Morgan fingerprint density at radius 3 is 1.55 bits per heavy atom. The summed E-state index contributed by atoms with van der Waals surface area (Å²) in [5.41, 5.74) is 10.2. The fourth-order valence-corrected chi connectivity index (χ4v) is 10.7. The molecule has 278 valence electrons. The fourth-order valence-electron chi connectivity index (χ4n) is 7.91. The third-order valence-corrected chi connectivity index (χ3v) is 14.3. The molecule has 11 heteroatoms. The van der Waals surface area contributed by atoms with Crippen molar-refractivity contribution >= 4 is 89.7 Å². The molecule has 0 unspecified atom stereocenters. The van der Waals surface area contributed by atoms with Crippen LogP contribution in [0.25, 0.3) is 44.1 Å². The van der Waals surface area contributed by atoms with E-state index in [9.17, 15) is 0 Å². The van der Waals surface area contributed by atoms with Gasteiger partial charge in [0.1, 0.15) is 0 Å². The highest BCUT2D eigenvalue weighted by atomic mass is 32.3.